The lowest BCUT2D eigenvalue weighted by Gasteiger charge is -2.28. The van der Waals surface area contributed by atoms with Gasteiger partial charge in [-0.2, -0.15) is 8.78 Å². The van der Waals surface area contributed by atoms with E-state index in [1.54, 1.807) is 6.07 Å². The second-order valence-corrected chi connectivity index (χ2v) is 5.14. The van der Waals surface area contributed by atoms with Crippen molar-refractivity contribution in [3.8, 4) is 5.75 Å². The van der Waals surface area contributed by atoms with E-state index in [2.05, 4.69) is 17.0 Å². The standard InChI is InChI=1S/C14H18F3NO/c1-9-3-2-4-10(7-9)18-11-5-6-13(12(15)8-11)19-14(16)17/h5-6,8-10,14,18H,2-4,7H2,1H3. The molecule has 1 aliphatic rings. The molecular weight excluding hydrogens is 255 g/mol. The van der Waals surface area contributed by atoms with E-state index in [9.17, 15) is 13.2 Å². The monoisotopic (exact) mass is 273 g/mol. The molecule has 1 aromatic rings. The predicted molar refractivity (Wildman–Crippen MR) is 68.1 cm³/mol. The van der Waals surface area contributed by atoms with E-state index < -0.39 is 18.2 Å². The van der Waals surface area contributed by atoms with Crippen molar-refractivity contribution in [3.05, 3.63) is 24.0 Å². The Morgan fingerprint density at radius 1 is 1.32 bits per heavy atom. The van der Waals surface area contributed by atoms with Gasteiger partial charge in [0.05, 0.1) is 0 Å². The van der Waals surface area contributed by atoms with Gasteiger partial charge in [0.2, 0.25) is 0 Å². The number of hydrogen-bond acceptors (Lipinski definition) is 2. The lowest BCUT2D eigenvalue weighted by Crippen LogP contribution is -2.26. The van der Waals surface area contributed by atoms with E-state index in [4.69, 9.17) is 0 Å². The fourth-order valence-electron chi connectivity index (χ4n) is 2.58. The number of ether oxygens (including phenoxy) is 1. The van der Waals surface area contributed by atoms with Crippen LogP contribution in [0.4, 0.5) is 18.9 Å². The summed E-state index contributed by atoms with van der Waals surface area (Å²) < 4.78 is 41.6. The van der Waals surface area contributed by atoms with Crippen LogP contribution < -0.4 is 10.1 Å². The molecule has 1 saturated carbocycles. The lowest BCUT2D eigenvalue weighted by molar-refractivity contribution is -0.0521. The van der Waals surface area contributed by atoms with Crippen LogP contribution in [-0.4, -0.2) is 12.7 Å². The van der Waals surface area contributed by atoms with Gasteiger partial charge in [0.1, 0.15) is 0 Å². The Kier molecular flexibility index (Phi) is 4.56. The van der Waals surface area contributed by atoms with Crippen molar-refractivity contribution < 1.29 is 17.9 Å². The van der Waals surface area contributed by atoms with Gasteiger partial charge in [-0.05, 0) is 30.9 Å². The molecule has 1 fully saturated rings. The molecule has 0 amide bonds. The number of alkyl halides is 2. The predicted octanol–water partition coefficient (Wildman–Crippen LogP) is 4.42. The van der Waals surface area contributed by atoms with Crippen molar-refractivity contribution in [1.82, 2.24) is 0 Å². The minimum absolute atomic E-state index is 0.324. The number of rotatable bonds is 4. The summed E-state index contributed by atoms with van der Waals surface area (Å²) in [4.78, 5) is 0. The van der Waals surface area contributed by atoms with E-state index in [1.807, 2.05) is 0 Å². The first-order valence-corrected chi connectivity index (χ1v) is 6.55. The topological polar surface area (TPSA) is 21.3 Å². The molecule has 19 heavy (non-hydrogen) atoms. The second-order valence-electron chi connectivity index (χ2n) is 5.14. The minimum Gasteiger partial charge on any atom is -0.432 e. The summed E-state index contributed by atoms with van der Waals surface area (Å²) >= 11 is 0. The molecule has 106 valence electrons. The van der Waals surface area contributed by atoms with Crippen molar-refractivity contribution in [2.75, 3.05) is 5.32 Å². The molecule has 2 unspecified atom stereocenters. The fraction of sp³-hybridized carbons (Fsp3) is 0.571. The maximum atomic E-state index is 13.5. The third-order valence-electron chi connectivity index (χ3n) is 3.46. The third kappa shape index (κ3) is 4.04. The molecule has 2 atom stereocenters. The zero-order chi connectivity index (χ0) is 13.8. The van der Waals surface area contributed by atoms with Gasteiger partial charge in [0.15, 0.2) is 11.6 Å². The van der Waals surface area contributed by atoms with Crippen LogP contribution in [-0.2, 0) is 0 Å². The molecule has 1 N–H and O–H groups in total. The SMILES string of the molecule is CC1CCCC(Nc2ccc(OC(F)F)c(F)c2)C1. The zero-order valence-corrected chi connectivity index (χ0v) is 10.8. The summed E-state index contributed by atoms with van der Waals surface area (Å²) in [5, 5.41) is 3.25. The van der Waals surface area contributed by atoms with Gasteiger partial charge < -0.3 is 10.1 Å². The summed E-state index contributed by atoms with van der Waals surface area (Å²) in [5.74, 6) is -0.524. The Morgan fingerprint density at radius 2 is 2.11 bits per heavy atom. The molecule has 0 heterocycles. The van der Waals surface area contributed by atoms with Crippen molar-refractivity contribution in [2.24, 2.45) is 5.92 Å². The Bertz CT molecular complexity index is 425. The second kappa shape index (κ2) is 6.17. The summed E-state index contributed by atoms with van der Waals surface area (Å²) in [7, 11) is 0. The van der Waals surface area contributed by atoms with Crippen LogP contribution in [0.3, 0.4) is 0 Å². The Balaban J connectivity index is 1.99. The van der Waals surface area contributed by atoms with Gasteiger partial charge in [-0.25, -0.2) is 4.39 Å². The van der Waals surface area contributed by atoms with Crippen LogP contribution in [0, 0.1) is 11.7 Å². The number of hydrogen-bond donors (Lipinski definition) is 1. The van der Waals surface area contributed by atoms with Crippen LogP contribution in [0.15, 0.2) is 18.2 Å². The smallest absolute Gasteiger partial charge is 0.387 e. The summed E-state index contributed by atoms with van der Waals surface area (Å²) in [6.45, 7) is -0.805. The normalized spacial score (nSPS) is 23.4. The summed E-state index contributed by atoms with van der Waals surface area (Å²) in [6.07, 6.45) is 4.50. The van der Waals surface area contributed by atoms with Crippen molar-refractivity contribution in [2.45, 2.75) is 45.3 Å². The fourth-order valence-corrected chi connectivity index (χ4v) is 2.58. The Morgan fingerprint density at radius 3 is 2.74 bits per heavy atom. The van der Waals surface area contributed by atoms with E-state index in [0.29, 0.717) is 17.6 Å². The average Bonchev–Trinajstić information content (AvgIpc) is 2.32. The maximum Gasteiger partial charge on any atom is 0.387 e. The van der Waals surface area contributed by atoms with Gasteiger partial charge in [-0.15, -0.1) is 0 Å². The Hall–Kier alpha value is -1.39. The molecule has 1 aromatic carbocycles. The van der Waals surface area contributed by atoms with Crippen LogP contribution in [0.2, 0.25) is 0 Å². The molecule has 1 aliphatic carbocycles. The zero-order valence-electron chi connectivity index (χ0n) is 10.8. The molecule has 0 aromatic heterocycles. The molecule has 2 rings (SSSR count). The first-order chi connectivity index (χ1) is 9.04. The number of anilines is 1. The Labute approximate surface area is 111 Å². The van der Waals surface area contributed by atoms with E-state index >= 15 is 0 Å². The quantitative estimate of drug-likeness (QED) is 0.877. The van der Waals surface area contributed by atoms with Crippen LogP contribution >= 0.6 is 0 Å². The minimum atomic E-state index is -3.01. The van der Waals surface area contributed by atoms with E-state index in [0.717, 1.165) is 19.3 Å². The van der Waals surface area contributed by atoms with Crippen molar-refractivity contribution in [3.63, 3.8) is 0 Å². The maximum absolute atomic E-state index is 13.5. The van der Waals surface area contributed by atoms with E-state index in [-0.39, 0.29) is 0 Å². The van der Waals surface area contributed by atoms with Crippen molar-refractivity contribution >= 4 is 5.69 Å². The van der Waals surface area contributed by atoms with Crippen LogP contribution in [0.25, 0.3) is 0 Å². The highest BCUT2D eigenvalue weighted by Gasteiger charge is 2.19. The van der Waals surface area contributed by atoms with Gasteiger partial charge in [0, 0.05) is 17.8 Å². The molecule has 0 bridgehead atoms. The summed E-state index contributed by atoms with van der Waals surface area (Å²) in [5.41, 5.74) is 0.609. The molecule has 0 aliphatic heterocycles. The average molecular weight is 273 g/mol. The first kappa shape index (κ1) is 14.0. The molecule has 0 spiro atoms. The number of benzene rings is 1. The molecule has 0 saturated heterocycles. The lowest BCUT2D eigenvalue weighted by atomic mass is 9.87. The molecule has 5 heteroatoms. The summed E-state index contributed by atoms with van der Waals surface area (Å²) in [6, 6.07) is 4.33. The third-order valence-corrected chi connectivity index (χ3v) is 3.46. The highest BCUT2D eigenvalue weighted by atomic mass is 19.3. The van der Waals surface area contributed by atoms with Gasteiger partial charge >= 0.3 is 6.61 Å². The van der Waals surface area contributed by atoms with Crippen molar-refractivity contribution in [1.29, 1.82) is 0 Å². The van der Waals surface area contributed by atoms with Crippen LogP contribution in [0.5, 0.6) is 5.75 Å². The molecule has 0 radical (unpaired) electrons. The van der Waals surface area contributed by atoms with Gasteiger partial charge in [0.25, 0.3) is 0 Å². The molecular formula is C14H18F3NO. The van der Waals surface area contributed by atoms with Gasteiger partial charge in [-0.3, -0.25) is 0 Å². The largest absolute Gasteiger partial charge is 0.432 e. The van der Waals surface area contributed by atoms with Gasteiger partial charge in [-0.1, -0.05) is 19.8 Å². The van der Waals surface area contributed by atoms with E-state index in [1.165, 1.54) is 18.6 Å². The highest BCUT2D eigenvalue weighted by Crippen LogP contribution is 2.28. The van der Waals surface area contributed by atoms with Crippen LogP contribution in [0.1, 0.15) is 32.6 Å². The number of nitrogens with one attached hydrogen (secondary N) is 1. The molecule has 2 nitrogen and oxygen atoms in total. The first-order valence-electron chi connectivity index (χ1n) is 6.55. The number of halogens is 3. The highest BCUT2D eigenvalue weighted by molar-refractivity contribution is 5.48.